The molecule has 0 aliphatic rings. The van der Waals surface area contributed by atoms with E-state index in [4.69, 9.17) is 37.0 Å². The Balaban J connectivity index is 5.13. The van der Waals surface area contributed by atoms with Crippen LogP contribution in [0.1, 0.15) is 510 Å². The van der Waals surface area contributed by atoms with Crippen molar-refractivity contribution in [1.29, 1.82) is 0 Å². The monoisotopic (exact) mass is 1630 g/mol. The maximum absolute atomic E-state index is 13.2. The predicted molar refractivity (Wildman–Crippen MR) is 465 cm³/mol. The Morgan fingerprint density at radius 2 is 0.429 bits per heavy atom. The topological polar surface area (TPSA) is 237 Å². The van der Waals surface area contributed by atoms with Gasteiger partial charge >= 0.3 is 39.5 Å². The highest BCUT2D eigenvalue weighted by Gasteiger charge is 2.31. The third-order valence-electron chi connectivity index (χ3n) is 22.4. The van der Waals surface area contributed by atoms with Crippen LogP contribution < -0.4 is 0 Å². The number of phosphoric ester groups is 2. The average molecular weight is 1630 g/mol. The van der Waals surface area contributed by atoms with Gasteiger partial charge in [-0.15, -0.1) is 0 Å². The second-order valence-corrected chi connectivity index (χ2v) is 36.6. The number of carbonyl (C=O) groups is 4. The number of hydrogen-bond acceptors (Lipinski definition) is 15. The summed E-state index contributed by atoms with van der Waals surface area (Å²) in [5.41, 5.74) is 0. The van der Waals surface area contributed by atoms with E-state index in [-0.39, 0.29) is 25.7 Å². The lowest BCUT2D eigenvalue weighted by Crippen LogP contribution is -2.30. The van der Waals surface area contributed by atoms with Crippen LogP contribution in [0.25, 0.3) is 0 Å². The number of ether oxygens (including phenoxy) is 4. The molecule has 0 saturated carbocycles. The van der Waals surface area contributed by atoms with E-state index < -0.39 is 97.5 Å². The zero-order valence-electron chi connectivity index (χ0n) is 73.8. The molecule has 0 radical (unpaired) electrons. The third-order valence-corrected chi connectivity index (χ3v) is 24.3. The van der Waals surface area contributed by atoms with Gasteiger partial charge in [-0.1, -0.05) is 458 Å². The van der Waals surface area contributed by atoms with Gasteiger partial charge < -0.3 is 33.8 Å². The van der Waals surface area contributed by atoms with E-state index in [0.717, 1.165) is 109 Å². The van der Waals surface area contributed by atoms with Crippen molar-refractivity contribution in [1.82, 2.24) is 0 Å². The van der Waals surface area contributed by atoms with E-state index in [1.165, 1.54) is 321 Å². The zero-order valence-corrected chi connectivity index (χ0v) is 75.6. The van der Waals surface area contributed by atoms with Crippen molar-refractivity contribution in [3.8, 4) is 0 Å². The van der Waals surface area contributed by atoms with Crippen molar-refractivity contribution < 1.29 is 80.2 Å². The highest BCUT2D eigenvalue weighted by molar-refractivity contribution is 7.47. The van der Waals surface area contributed by atoms with Crippen LogP contribution in [0.2, 0.25) is 0 Å². The van der Waals surface area contributed by atoms with Crippen LogP contribution in [-0.2, 0) is 65.4 Å². The van der Waals surface area contributed by atoms with Crippen molar-refractivity contribution in [2.45, 2.75) is 528 Å². The molecule has 3 unspecified atom stereocenters. The number of unbranched alkanes of at least 4 members (excludes halogenated alkanes) is 64. The minimum Gasteiger partial charge on any atom is -0.462 e. The lowest BCUT2D eigenvalue weighted by molar-refractivity contribution is -0.161. The molecule has 6 atom stereocenters. The SMILES string of the molecule is CCCCCCCCCCCCCCCCCCCCCCCCC(=O)OC[C@H](COP(=O)(O)OC[C@@H](O)COP(=O)(O)OC[C@@H](COC(=O)CCCCCCCCC)OC(=O)CCCCCCCCCCCCCCCCCCCCCCC)OC(=O)CCCCCCCCCCCCCCCCCCCCC(C)CC. The maximum Gasteiger partial charge on any atom is 0.472 e. The fourth-order valence-corrected chi connectivity index (χ4v) is 16.3. The quantitative estimate of drug-likeness (QED) is 0.0222. The number of phosphoric acid groups is 2. The Hall–Kier alpha value is -1.94. The smallest absolute Gasteiger partial charge is 0.462 e. The molecule has 0 aromatic carbocycles. The second kappa shape index (κ2) is 85.5. The highest BCUT2D eigenvalue weighted by Crippen LogP contribution is 2.45. The molecule has 3 N–H and O–H groups in total. The zero-order chi connectivity index (χ0) is 81.8. The van der Waals surface area contributed by atoms with Crippen LogP contribution >= 0.6 is 15.6 Å². The van der Waals surface area contributed by atoms with E-state index in [9.17, 15) is 43.2 Å². The molecular formula is C93H182O17P2. The highest BCUT2D eigenvalue weighted by atomic mass is 31.2. The molecule has 0 heterocycles. The Bertz CT molecular complexity index is 2120. The Morgan fingerprint density at radius 3 is 0.634 bits per heavy atom. The van der Waals surface area contributed by atoms with Gasteiger partial charge in [0.1, 0.15) is 19.3 Å². The molecule has 0 rings (SSSR count). The summed E-state index contributed by atoms with van der Waals surface area (Å²) in [5, 5.41) is 10.7. The van der Waals surface area contributed by atoms with Crippen molar-refractivity contribution in [2.24, 2.45) is 5.92 Å². The third kappa shape index (κ3) is 84.5. The number of carbonyl (C=O) groups excluding carboxylic acids is 4. The molecule has 0 fully saturated rings. The molecule has 19 heteroatoms. The summed E-state index contributed by atoms with van der Waals surface area (Å²) < 4.78 is 69.0. The summed E-state index contributed by atoms with van der Waals surface area (Å²) in [6, 6.07) is 0. The number of aliphatic hydroxyl groups is 1. The van der Waals surface area contributed by atoms with E-state index in [2.05, 4.69) is 34.6 Å². The largest absolute Gasteiger partial charge is 0.472 e. The summed E-state index contributed by atoms with van der Waals surface area (Å²) in [6.07, 6.45) is 82.4. The van der Waals surface area contributed by atoms with Gasteiger partial charge in [-0.3, -0.25) is 37.3 Å². The maximum atomic E-state index is 13.2. The minimum absolute atomic E-state index is 0.109. The summed E-state index contributed by atoms with van der Waals surface area (Å²) in [5.74, 6) is -1.23. The lowest BCUT2D eigenvalue weighted by Gasteiger charge is -2.21. The van der Waals surface area contributed by atoms with Crippen LogP contribution in [0.4, 0.5) is 0 Å². The van der Waals surface area contributed by atoms with E-state index in [1.807, 2.05) is 0 Å². The van der Waals surface area contributed by atoms with Crippen LogP contribution in [-0.4, -0.2) is 96.7 Å². The molecule has 0 aromatic rings. The van der Waals surface area contributed by atoms with Crippen LogP contribution in [0.3, 0.4) is 0 Å². The molecule has 666 valence electrons. The normalized spacial score (nSPS) is 13.9. The number of rotatable bonds is 93. The Morgan fingerprint density at radius 1 is 0.250 bits per heavy atom. The van der Waals surface area contributed by atoms with Gasteiger partial charge in [0.2, 0.25) is 0 Å². The molecule has 0 saturated heterocycles. The van der Waals surface area contributed by atoms with Crippen molar-refractivity contribution in [3.05, 3.63) is 0 Å². The van der Waals surface area contributed by atoms with Gasteiger partial charge in [-0.2, -0.15) is 0 Å². The molecule has 112 heavy (non-hydrogen) atoms. The molecule has 0 spiro atoms. The standard InChI is InChI=1S/C93H182O17P2/c1-6-10-13-16-19-21-23-25-27-29-31-33-35-36-41-45-49-53-57-62-67-72-77-91(96)104-83-89(110-93(98)79-74-69-64-59-55-51-47-43-39-38-40-44-48-52-56-61-65-70-75-86(5)9-4)85-108-112(101,102)106-81-87(94)80-105-111(99,100)107-84-88(82-103-90(95)76-71-66-60-18-15-12-8-3)109-92(97)78-73-68-63-58-54-50-46-42-37-34-32-30-28-26-24-22-20-17-14-11-7-2/h86-89,94H,6-85H2,1-5H3,(H,99,100)(H,101,102)/t86?,87-,88+,89+/m0/s1. The Labute approximate surface area is 689 Å². The summed E-state index contributed by atoms with van der Waals surface area (Å²) in [7, 11) is -9.93. The van der Waals surface area contributed by atoms with Gasteiger partial charge in [0.15, 0.2) is 12.2 Å². The molecule has 0 aliphatic heterocycles. The minimum atomic E-state index is -4.97. The second-order valence-electron chi connectivity index (χ2n) is 33.6. The molecule has 0 aliphatic carbocycles. The van der Waals surface area contributed by atoms with E-state index >= 15 is 0 Å². The first-order valence-corrected chi connectivity index (χ1v) is 51.2. The summed E-state index contributed by atoms with van der Waals surface area (Å²) in [4.78, 5) is 73.3. The van der Waals surface area contributed by atoms with Gasteiger partial charge in [-0.05, 0) is 31.6 Å². The van der Waals surface area contributed by atoms with Crippen molar-refractivity contribution in [2.75, 3.05) is 39.6 Å². The fourth-order valence-electron chi connectivity index (χ4n) is 14.7. The number of esters is 4. The summed E-state index contributed by atoms with van der Waals surface area (Å²) >= 11 is 0. The lowest BCUT2D eigenvalue weighted by atomic mass is 9.99. The van der Waals surface area contributed by atoms with Crippen LogP contribution in [0.15, 0.2) is 0 Å². The van der Waals surface area contributed by atoms with Gasteiger partial charge in [-0.25, -0.2) is 9.13 Å². The number of aliphatic hydroxyl groups excluding tert-OH is 1. The first-order chi connectivity index (χ1) is 54.6. The van der Waals surface area contributed by atoms with Crippen LogP contribution in [0.5, 0.6) is 0 Å². The first-order valence-electron chi connectivity index (χ1n) is 48.2. The number of hydrogen-bond donors (Lipinski definition) is 3. The molecule has 0 amide bonds. The molecule has 0 aromatic heterocycles. The van der Waals surface area contributed by atoms with Crippen molar-refractivity contribution >= 4 is 39.5 Å². The van der Waals surface area contributed by atoms with Gasteiger partial charge in [0.05, 0.1) is 26.4 Å². The molecule has 17 nitrogen and oxygen atoms in total. The van der Waals surface area contributed by atoms with Gasteiger partial charge in [0, 0.05) is 25.7 Å². The van der Waals surface area contributed by atoms with Gasteiger partial charge in [0.25, 0.3) is 0 Å². The summed E-state index contributed by atoms with van der Waals surface area (Å²) in [6.45, 7) is 7.42. The van der Waals surface area contributed by atoms with Crippen LogP contribution in [0, 0.1) is 5.92 Å². The molecular weight excluding hydrogens is 1450 g/mol. The first kappa shape index (κ1) is 110. The Kier molecular flexibility index (Phi) is 84.0. The van der Waals surface area contributed by atoms with E-state index in [0.29, 0.717) is 25.7 Å². The van der Waals surface area contributed by atoms with E-state index in [1.54, 1.807) is 0 Å². The fraction of sp³-hybridized carbons (Fsp3) is 0.957. The predicted octanol–water partition coefficient (Wildman–Crippen LogP) is 29.1. The molecule has 0 bridgehead atoms. The average Bonchev–Trinajstić information content (AvgIpc) is 0.897. The van der Waals surface area contributed by atoms with Crippen molar-refractivity contribution in [3.63, 3.8) is 0 Å².